The highest BCUT2D eigenvalue weighted by atomic mass is 19.1. The van der Waals surface area contributed by atoms with Crippen LogP contribution in [-0.4, -0.2) is 39.9 Å². The van der Waals surface area contributed by atoms with Gasteiger partial charge in [-0.15, -0.1) is 0 Å². The minimum atomic E-state index is -0.260. The van der Waals surface area contributed by atoms with Crippen LogP contribution >= 0.6 is 0 Å². The number of halogens is 1. The van der Waals surface area contributed by atoms with E-state index in [4.69, 9.17) is 0 Å². The van der Waals surface area contributed by atoms with Crippen LogP contribution in [0, 0.1) is 11.7 Å². The Morgan fingerprint density at radius 1 is 0.943 bits per heavy atom. The molecular weight excluding hydrogens is 445 g/mol. The predicted octanol–water partition coefficient (Wildman–Crippen LogP) is 5.18. The van der Waals surface area contributed by atoms with Gasteiger partial charge in [0.1, 0.15) is 11.6 Å². The lowest BCUT2D eigenvalue weighted by atomic mass is 9.96. The second-order valence-electron chi connectivity index (χ2n) is 8.73. The number of H-pyrrole nitrogens is 1. The third-order valence-electron chi connectivity index (χ3n) is 6.29. The molecule has 3 N–H and O–H groups in total. The molecule has 0 unspecified atom stereocenters. The van der Waals surface area contributed by atoms with Crippen LogP contribution in [0.3, 0.4) is 0 Å². The summed E-state index contributed by atoms with van der Waals surface area (Å²) in [6.07, 6.45) is 1.57. The number of carbonyl (C=O) groups excluding carboxylic acids is 2. The maximum absolute atomic E-state index is 14.0. The highest BCUT2D eigenvalue weighted by Gasteiger charge is 2.27. The molecule has 8 heteroatoms. The van der Waals surface area contributed by atoms with E-state index in [-0.39, 0.29) is 23.7 Å². The number of imidazole rings is 1. The molecule has 0 radical (unpaired) electrons. The van der Waals surface area contributed by atoms with Gasteiger partial charge in [0.15, 0.2) is 0 Å². The normalized spacial score (nSPS) is 14.1. The first-order valence-electron chi connectivity index (χ1n) is 11.7. The van der Waals surface area contributed by atoms with Crippen LogP contribution in [-0.2, 0) is 11.2 Å². The monoisotopic (exact) mass is 471 g/mol. The van der Waals surface area contributed by atoms with E-state index in [1.165, 1.54) is 6.07 Å². The summed E-state index contributed by atoms with van der Waals surface area (Å²) in [6.45, 7) is 1.05. The fraction of sp³-hybridized carbons (Fsp3) is 0.222. The molecule has 0 aliphatic carbocycles. The van der Waals surface area contributed by atoms with Crippen LogP contribution in [0.15, 0.2) is 72.8 Å². The summed E-state index contributed by atoms with van der Waals surface area (Å²) in [4.78, 5) is 34.8. The Kier molecular flexibility index (Phi) is 6.43. The summed E-state index contributed by atoms with van der Waals surface area (Å²) in [5.41, 5.74) is 3.54. The van der Waals surface area contributed by atoms with Crippen LogP contribution in [0.1, 0.15) is 24.2 Å². The minimum absolute atomic E-state index is 0.0569. The Bertz CT molecular complexity index is 1350. The highest BCUT2D eigenvalue weighted by Crippen LogP contribution is 2.23. The number of rotatable bonds is 5. The largest absolute Gasteiger partial charge is 0.342 e. The van der Waals surface area contributed by atoms with Crippen LogP contribution in [0.25, 0.3) is 11.0 Å². The van der Waals surface area contributed by atoms with Gasteiger partial charge >= 0.3 is 6.03 Å². The van der Waals surface area contributed by atoms with Gasteiger partial charge < -0.3 is 20.5 Å². The van der Waals surface area contributed by atoms with Crippen molar-refractivity contribution in [2.45, 2.75) is 19.3 Å². The second kappa shape index (κ2) is 9.97. The van der Waals surface area contributed by atoms with Gasteiger partial charge in [0.05, 0.1) is 11.0 Å². The topological polar surface area (TPSA) is 90.1 Å². The third-order valence-corrected chi connectivity index (χ3v) is 6.29. The Labute approximate surface area is 202 Å². The first-order valence-corrected chi connectivity index (χ1v) is 11.7. The van der Waals surface area contributed by atoms with Crippen molar-refractivity contribution >= 4 is 34.3 Å². The number of nitrogens with one attached hydrogen (secondary N) is 3. The van der Waals surface area contributed by atoms with Crippen molar-refractivity contribution in [3.8, 4) is 0 Å². The van der Waals surface area contributed by atoms with E-state index in [1.54, 1.807) is 23.1 Å². The van der Waals surface area contributed by atoms with Crippen LogP contribution in [0.2, 0.25) is 0 Å². The molecule has 1 aromatic heterocycles. The molecule has 35 heavy (non-hydrogen) atoms. The Hall–Kier alpha value is -4.20. The molecule has 3 amide bonds. The minimum Gasteiger partial charge on any atom is -0.342 e. The zero-order chi connectivity index (χ0) is 24.2. The van der Waals surface area contributed by atoms with Gasteiger partial charge in [-0.1, -0.05) is 36.4 Å². The smallest absolute Gasteiger partial charge is 0.321 e. The first-order chi connectivity index (χ1) is 17.0. The predicted molar refractivity (Wildman–Crippen MR) is 134 cm³/mol. The van der Waals surface area contributed by atoms with Gasteiger partial charge in [-0.3, -0.25) is 4.79 Å². The lowest BCUT2D eigenvalue weighted by molar-refractivity contribution is -0.121. The SMILES string of the molecule is O=C(Nc1ccc2nc(Cc3ccccc3F)[nH]c2c1)C1CCN(C(=O)Nc2ccccc2)CC1. The molecule has 178 valence electrons. The summed E-state index contributed by atoms with van der Waals surface area (Å²) in [5, 5.41) is 5.88. The molecule has 0 spiro atoms. The number of anilines is 2. The molecule has 5 rings (SSSR count). The lowest BCUT2D eigenvalue weighted by Gasteiger charge is -2.31. The fourth-order valence-electron chi connectivity index (χ4n) is 4.36. The van der Waals surface area contributed by atoms with Crippen LogP contribution in [0.5, 0.6) is 0 Å². The number of aromatic amines is 1. The van der Waals surface area contributed by atoms with Gasteiger partial charge in [-0.05, 0) is 54.8 Å². The standard InChI is InChI=1S/C27H26FN5O2/c28-22-9-5-4-6-19(22)16-25-31-23-11-10-21(17-24(23)32-25)29-26(34)18-12-14-33(15-13-18)27(35)30-20-7-2-1-3-8-20/h1-11,17-18H,12-16H2,(H,29,34)(H,30,35)(H,31,32). The van der Waals surface area contributed by atoms with E-state index in [0.717, 1.165) is 16.7 Å². The third kappa shape index (κ3) is 5.32. The molecule has 3 aromatic carbocycles. The summed E-state index contributed by atoms with van der Waals surface area (Å²) >= 11 is 0. The summed E-state index contributed by atoms with van der Waals surface area (Å²) in [6, 6.07) is 21.3. The zero-order valence-corrected chi connectivity index (χ0v) is 19.1. The number of amides is 3. The zero-order valence-electron chi connectivity index (χ0n) is 19.1. The van der Waals surface area contributed by atoms with Gasteiger partial charge in [0.25, 0.3) is 0 Å². The van der Waals surface area contributed by atoms with E-state index in [0.29, 0.717) is 49.4 Å². The Morgan fingerprint density at radius 2 is 1.69 bits per heavy atom. The average Bonchev–Trinajstić information content (AvgIpc) is 3.28. The molecular formula is C27H26FN5O2. The van der Waals surface area contributed by atoms with Crippen molar-refractivity contribution in [3.63, 3.8) is 0 Å². The lowest BCUT2D eigenvalue weighted by Crippen LogP contribution is -2.43. The van der Waals surface area contributed by atoms with E-state index in [9.17, 15) is 14.0 Å². The summed E-state index contributed by atoms with van der Waals surface area (Å²) in [7, 11) is 0. The number of hydrogen-bond acceptors (Lipinski definition) is 3. The molecule has 0 saturated carbocycles. The van der Waals surface area contributed by atoms with Crippen LogP contribution in [0.4, 0.5) is 20.6 Å². The summed E-state index contributed by atoms with van der Waals surface area (Å²) < 4.78 is 14.0. The molecule has 2 heterocycles. The number of fused-ring (bicyclic) bond motifs is 1. The van der Waals surface area contributed by atoms with Crippen molar-refractivity contribution in [1.29, 1.82) is 0 Å². The van der Waals surface area contributed by atoms with Gasteiger partial charge in [-0.2, -0.15) is 0 Å². The number of nitrogens with zero attached hydrogens (tertiary/aromatic N) is 2. The maximum Gasteiger partial charge on any atom is 0.321 e. The summed E-state index contributed by atoms with van der Waals surface area (Å²) in [5.74, 6) is 0.183. The quantitative estimate of drug-likeness (QED) is 0.375. The van der Waals surface area contributed by atoms with E-state index in [2.05, 4.69) is 20.6 Å². The number of hydrogen-bond donors (Lipinski definition) is 3. The Morgan fingerprint density at radius 3 is 2.46 bits per heavy atom. The van der Waals surface area contributed by atoms with Gasteiger partial charge in [0.2, 0.25) is 5.91 Å². The molecule has 4 aromatic rings. The van der Waals surface area contributed by atoms with E-state index < -0.39 is 0 Å². The number of benzene rings is 3. The first kappa shape index (κ1) is 22.6. The fourth-order valence-corrected chi connectivity index (χ4v) is 4.36. The molecule has 1 saturated heterocycles. The number of piperidine rings is 1. The number of para-hydroxylation sites is 1. The molecule has 0 bridgehead atoms. The van der Waals surface area contributed by atoms with Crippen LogP contribution < -0.4 is 10.6 Å². The number of likely N-dealkylation sites (tertiary alicyclic amines) is 1. The molecule has 7 nitrogen and oxygen atoms in total. The molecule has 1 aliphatic heterocycles. The highest BCUT2D eigenvalue weighted by molar-refractivity contribution is 5.95. The van der Waals surface area contributed by atoms with Crippen molar-refractivity contribution in [1.82, 2.24) is 14.9 Å². The van der Waals surface area contributed by atoms with Gasteiger partial charge in [-0.25, -0.2) is 14.2 Å². The maximum atomic E-state index is 14.0. The van der Waals surface area contributed by atoms with Gasteiger partial charge in [0, 0.05) is 36.8 Å². The van der Waals surface area contributed by atoms with E-state index in [1.807, 2.05) is 48.5 Å². The number of urea groups is 1. The molecule has 1 fully saturated rings. The van der Waals surface area contributed by atoms with Crippen molar-refractivity contribution in [2.75, 3.05) is 23.7 Å². The van der Waals surface area contributed by atoms with Crippen molar-refractivity contribution in [2.24, 2.45) is 5.92 Å². The Balaban J connectivity index is 1.17. The van der Waals surface area contributed by atoms with Crippen molar-refractivity contribution in [3.05, 3.63) is 90.0 Å². The number of carbonyl (C=O) groups is 2. The number of aromatic nitrogens is 2. The van der Waals surface area contributed by atoms with E-state index >= 15 is 0 Å². The molecule has 1 aliphatic rings. The average molecular weight is 472 g/mol. The molecule has 0 atom stereocenters. The van der Waals surface area contributed by atoms with Crippen molar-refractivity contribution < 1.29 is 14.0 Å². The second-order valence-corrected chi connectivity index (χ2v) is 8.73.